The Morgan fingerprint density at radius 2 is 1.29 bits per heavy atom. The van der Waals surface area contributed by atoms with Crippen LogP contribution in [0.15, 0.2) is 72.8 Å². The van der Waals surface area contributed by atoms with Gasteiger partial charge in [-0.25, -0.2) is 0 Å². The van der Waals surface area contributed by atoms with Crippen LogP contribution in [-0.2, 0) is 6.42 Å². The fraction of sp³-hybridized carbons (Fsp3) is 0.296. The van der Waals surface area contributed by atoms with Crippen molar-refractivity contribution < 1.29 is 5.11 Å². The van der Waals surface area contributed by atoms with Gasteiger partial charge in [-0.05, 0) is 57.4 Å². The van der Waals surface area contributed by atoms with Crippen molar-refractivity contribution >= 4 is 11.0 Å². The lowest BCUT2D eigenvalue weighted by Crippen LogP contribution is -2.34. The van der Waals surface area contributed by atoms with Gasteiger partial charge in [-0.2, -0.15) is 0 Å². The summed E-state index contributed by atoms with van der Waals surface area (Å²) in [6, 6.07) is 24.9. The largest absolute Gasteiger partial charge is 0.391 e. The Labute approximate surface area is 183 Å². The molecule has 1 unspecified atom stereocenters. The van der Waals surface area contributed by atoms with Crippen LogP contribution < -0.4 is 5.62 Å². The number of hydrogen-bond acceptors (Lipinski definition) is 2. The van der Waals surface area contributed by atoms with Gasteiger partial charge in [-0.15, -0.1) is 0 Å². The van der Waals surface area contributed by atoms with Crippen molar-refractivity contribution in [1.29, 1.82) is 5.41 Å². The van der Waals surface area contributed by atoms with Gasteiger partial charge in [0.25, 0.3) is 0 Å². The molecule has 0 bridgehead atoms. The molecule has 0 aliphatic heterocycles. The molecule has 0 saturated heterocycles. The van der Waals surface area contributed by atoms with E-state index in [1.54, 1.807) is 0 Å². The first kappa shape index (κ1) is 21.1. The van der Waals surface area contributed by atoms with E-state index >= 15 is 0 Å². The molecule has 0 amide bonds. The lowest BCUT2D eigenvalue weighted by atomic mass is 10.0. The van der Waals surface area contributed by atoms with Crippen molar-refractivity contribution in [2.45, 2.75) is 52.3 Å². The predicted molar refractivity (Wildman–Crippen MR) is 126 cm³/mol. The number of aryl methyl sites for hydroxylation is 2. The number of rotatable bonds is 6. The molecule has 3 atom stereocenters. The lowest BCUT2D eigenvalue weighted by Gasteiger charge is -2.23. The number of imidazole rings is 1. The van der Waals surface area contributed by atoms with Crippen LogP contribution in [0.3, 0.4) is 0 Å². The SMILES string of the molecule is Cc1ccc(C[C@@H]([C@@H](C)O)n2c(=N)n(C(C)c3ccc(C)cc3)c3ccccc32)cc1. The first-order valence-electron chi connectivity index (χ1n) is 10.9. The zero-order valence-electron chi connectivity index (χ0n) is 18.7. The van der Waals surface area contributed by atoms with Gasteiger partial charge in [-0.1, -0.05) is 71.8 Å². The maximum absolute atomic E-state index is 10.7. The Morgan fingerprint density at radius 1 is 0.774 bits per heavy atom. The van der Waals surface area contributed by atoms with Gasteiger partial charge in [0.1, 0.15) is 0 Å². The molecule has 0 saturated carbocycles. The van der Waals surface area contributed by atoms with Crippen LogP contribution in [0, 0.1) is 19.3 Å². The number of benzene rings is 3. The predicted octanol–water partition coefficient (Wildman–Crippen LogP) is 5.31. The molecule has 0 fully saturated rings. The minimum atomic E-state index is -0.593. The monoisotopic (exact) mass is 413 g/mol. The summed E-state index contributed by atoms with van der Waals surface area (Å²) < 4.78 is 4.08. The smallest absolute Gasteiger partial charge is 0.203 e. The molecule has 1 aromatic heterocycles. The van der Waals surface area contributed by atoms with Crippen LogP contribution in [0.5, 0.6) is 0 Å². The fourth-order valence-corrected chi connectivity index (χ4v) is 4.38. The molecule has 0 aliphatic rings. The zero-order chi connectivity index (χ0) is 22.1. The minimum Gasteiger partial charge on any atom is -0.391 e. The highest BCUT2D eigenvalue weighted by atomic mass is 16.3. The van der Waals surface area contributed by atoms with E-state index in [9.17, 15) is 5.11 Å². The number of nitrogens with zero attached hydrogens (tertiary/aromatic N) is 2. The van der Waals surface area contributed by atoms with E-state index in [-0.39, 0.29) is 12.1 Å². The summed E-state index contributed by atoms with van der Waals surface area (Å²) in [5, 5.41) is 19.9. The third-order valence-corrected chi connectivity index (χ3v) is 6.26. The van der Waals surface area contributed by atoms with Crippen molar-refractivity contribution in [1.82, 2.24) is 9.13 Å². The van der Waals surface area contributed by atoms with Crippen LogP contribution >= 0.6 is 0 Å². The number of para-hydroxylation sites is 2. The number of aliphatic hydroxyl groups is 1. The van der Waals surface area contributed by atoms with Crippen molar-refractivity contribution in [3.63, 3.8) is 0 Å². The topological polar surface area (TPSA) is 53.9 Å². The van der Waals surface area contributed by atoms with Crippen molar-refractivity contribution in [3.05, 3.63) is 101 Å². The van der Waals surface area contributed by atoms with Crippen molar-refractivity contribution in [3.8, 4) is 0 Å². The summed E-state index contributed by atoms with van der Waals surface area (Å²) in [5.41, 5.74) is 7.16. The van der Waals surface area contributed by atoms with Crippen LogP contribution in [0.1, 0.15) is 48.2 Å². The van der Waals surface area contributed by atoms with E-state index in [0.29, 0.717) is 12.0 Å². The summed E-state index contributed by atoms with van der Waals surface area (Å²) >= 11 is 0. The number of aliphatic hydroxyl groups excluding tert-OH is 1. The maximum Gasteiger partial charge on any atom is 0.203 e. The number of fused-ring (bicyclic) bond motifs is 1. The Hall–Kier alpha value is -3.11. The fourth-order valence-electron chi connectivity index (χ4n) is 4.38. The Bertz CT molecular complexity index is 1230. The molecule has 4 aromatic rings. The molecule has 1 heterocycles. The van der Waals surface area contributed by atoms with Crippen molar-refractivity contribution in [2.24, 2.45) is 0 Å². The van der Waals surface area contributed by atoms with E-state index in [1.807, 2.05) is 23.6 Å². The number of hydrogen-bond donors (Lipinski definition) is 2. The van der Waals surface area contributed by atoms with Gasteiger partial charge in [0.15, 0.2) is 0 Å². The average molecular weight is 414 g/mol. The van der Waals surface area contributed by atoms with E-state index in [2.05, 4.69) is 86.0 Å². The van der Waals surface area contributed by atoms with Crippen LogP contribution in [0.25, 0.3) is 11.0 Å². The Morgan fingerprint density at radius 3 is 1.84 bits per heavy atom. The summed E-state index contributed by atoms with van der Waals surface area (Å²) in [7, 11) is 0. The summed E-state index contributed by atoms with van der Waals surface area (Å²) in [4.78, 5) is 0. The Balaban J connectivity index is 1.85. The zero-order valence-corrected chi connectivity index (χ0v) is 18.7. The van der Waals surface area contributed by atoms with Gasteiger partial charge in [0, 0.05) is 0 Å². The van der Waals surface area contributed by atoms with Crippen LogP contribution in [0.2, 0.25) is 0 Å². The second kappa shape index (κ2) is 8.56. The normalized spacial score (nSPS) is 14.5. The van der Waals surface area contributed by atoms with Gasteiger partial charge in [0.05, 0.1) is 29.2 Å². The third-order valence-electron chi connectivity index (χ3n) is 6.26. The van der Waals surface area contributed by atoms with E-state index in [0.717, 1.165) is 16.6 Å². The van der Waals surface area contributed by atoms with E-state index in [1.165, 1.54) is 16.7 Å². The number of aromatic nitrogens is 2. The molecule has 3 aromatic carbocycles. The van der Waals surface area contributed by atoms with Crippen LogP contribution in [-0.4, -0.2) is 20.3 Å². The summed E-state index contributed by atoms with van der Waals surface area (Å²) in [6.45, 7) is 8.12. The lowest BCUT2D eigenvalue weighted by molar-refractivity contribution is 0.128. The molecule has 4 rings (SSSR count). The Kier molecular flexibility index (Phi) is 5.84. The van der Waals surface area contributed by atoms with Gasteiger partial charge in [0.2, 0.25) is 5.62 Å². The molecule has 2 N–H and O–H groups in total. The van der Waals surface area contributed by atoms with Crippen LogP contribution in [0.4, 0.5) is 0 Å². The number of nitrogens with one attached hydrogen (secondary N) is 1. The molecular weight excluding hydrogens is 382 g/mol. The molecule has 4 nitrogen and oxygen atoms in total. The summed E-state index contributed by atoms with van der Waals surface area (Å²) in [6.07, 6.45) is 0.0749. The molecule has 0 aliphatic carbocycles. The second-order valence-corrected chi connectivity index (χ2v) is 8.64. The molecule has 160 valence electrons. The summed E-state index contributed by atoms with van der Waals surface area (Å²) in [5.74, 6) is 0. The average Bonchev–Trinajstić information content (AvgIpc) is 3.05. The molecule has 31 heavy (non-hydrogen) atoms. The maximum atomic E-state index is 10.7. The standard InChI is InChI=1S/C27H31N3O/c1-18-9-13-22(14-10-18)17-26(21(4)31)30-25-8-6-5-7-24(25)29(27(30)28)20(3)23-15-11-19(2)12-16-23/h5-16,20-21,26,28,31H,17H2,1-4H3/t20?,21-,26+/m1/s1. The molecule has 0 spiro atoms. The van der Waals surface area contributed by atoms with Gasteiger partial charge >= 0.3 is 0 Å². The minimum absolute atomic E-state index is 0.00766. The molecule has 4 heteroatoms. The first-order valence-corrected chi connectivity index (χ1v) is 10.9. The quantitative estimate of drug-likeness (QED) is 0.442. The van der Waals surface area contributed by atoms with Crippen molar-refractivity contribution in [2.75, 3.05) is 0 Å². The van der Waals surface area contributed by atoms with Gasteiger partial charge < -0.3 is 14.2 Å². The highest BCUT2D eigenvalue weighted by molar-refractivity contribution is 5.76. The highest BCUT2D eigenvalue weighted by Crippen LogP contribution is 2.27. The molecule has 0 radical (unpaired) electrons. The van der Waals surface area contributed by atoms with Gasteiger partial charge in [-0.3, -0.25) is 5.41 Å². The van der Waals surface area contributed by atoms with E-state index < -0.39 is 6.10 Å². The van der Waals surface area contributed by atoms with E-state index in [4.69, 9.17) is 5.41 Å². The third kappa shape index (κ3) is 4.08. The second-order valence-electron chi connectivity index (χ2n) is 8.64. The first-order chi connectivity index (χ1) is 14.9. The highest BCUT2D eigenvalue weighted by Gasteiger charge is 2.25. The molecular formula is C27H31N3O.